The second kappa shape index (κ2) is 11.5. The zero-order valence-corrected chi connectivity index (χ0v) is 20.8. The van der Waals surface area contributed by atoms with Crippen molar-refractivity contribution in [3.63, 3.8) is 0 Å². The number of para-hydroxylation sites is 2. The van der Waals surface area contributed by atoms with Crippen LogP contribution in [0.25, 0.3) is 33.5 Å². The van der Waals surface area contributed by atoms with Crippen LogP contribution in [-0.4, -0.2) is 46.7 Å². The van der Waals surface area contributed by atoms with E-state index >= 15 is 0 Å². The maximum absolute atomic E-state index is 13.1. The van der Waals surface area contributed by atoms with E-state index < -0.39 is 12.0 Å². The fourth-order valence-electron chi connectivity index (χ4n) is 4.29. The smallest absolute Gasteiger partial charge is 0.307 e. The molecule has 0 unspecified atom stereocenters. The number of benzene rings is 3. The Balaban J connectivity index is 1.73. The minimum absolute atomic E-state index is 0.238. The molecule has 1 heterocycles. The minimum Gasteiger partial charge on any atom is -0.481 e. The van der Waals surface area contributed by atoms with Gasteiger partial charge in [-0.25, -0.2) is 4.98 Å². The van der Waals surface area contributed by atoms with Crippen LogP contribution in [0.3, 0.4) is 0 Å². The summed E-state index contributed by atoms with van der Waals surface area (Å²) in [4.78, 5) is 33.0. The number of carboxylic acid groups (broad SMARTS) is 1. The van der Waals surface area contributed by atoms with E-state index in [2.05, 4.69) is 16.9 Å². The number of aliphatic carboxylic acids is 1. The molecular weight excluding hydrogens is 466 g/mol. The number of nitrogens with zero attached hydrogens (tertiary/aromatic N) is 1. The van der Waals surface area contributed by atoms with Crippen molar-refractivity contribution in [2.75, 3.05) is 13.7 Å². The summed E-state index contributed by atoms with van der Waals surface area (Å²) >= 11 is 0. The summed E-state index contributed by atoms with van der Waals surface area (Å²) in [6.07, 6.45) is 3.42. The van der Waals surface area contributed by atoms with Gasteiger partial charge in [-0.15, -0.1) is 0 Å². The van der Waals surface area contributed by atoms with Crippen molar-refractivity contribution in [3.05, 3.63) is 102 Å². The molecule has 1 amide bonds. The maximum atomic E-state index is 13.1. The molecule has 0 saturated carbocycles. The van der Waals surface area contributed by atoms with E-state index in [0.717, 1.165) is 27.7 Å². The van der Waals surface area contributed by atoms with Gasteiger partial charge < -0.3 is 20.1 Å². The predicted molar refractivity (Wildman–Crippen MR) is 145 cm³/mol. The number of rotatable bonds is 10. The van der Waals surface area contributed by atoms with Crippen molar-refractivity contribution in [2.24, 2.45) is 0 Å². The number of carbonyl (C=O) groups excluding carboxylic acids is 1. The van der Waals surface area contributed by atoms with Crippen LogP contribution in [0.1, 0.15) is 22.8 Å². The quantitative estimate of drug-likeness (QED) is 0.256. The number of ether oxygens (including phenoxy) is 1. The van der Waals surface area contributed by atoms with Gasteiger partial charge in [0.05, 0.1) is 30.1 Å². The maximum Gasteiger partial charge on any atom is 0.307 e. The number of methoxy groups -OCH3 is 1. The summed E-state index contributed by atoms with van der Waals surface area (Å²) in [6, 6.07) is 20.2. The van der Waals surface area contributed by atoms with Crippen molar-refractivity contribution in [1.29, 1.82) is 0 Å². The monoisotopic (exact) mass is 495 g/mol. The van der Waals surface area contributed by atoms with Gasteiger partial charge in [-0.1, -0.05) is 61.2 Å². The Labute approximate surface area is 215 Å². The highest BCUT2D eigenvalue weighted by atomic mass is 16.5. The topological polar surface area (TPSA) is 104 Å². The molecule has 4 rings (SSSR count). The molecule has 3 N–H and O–H groups in total. The second-order valence-corrected chi connectivity index (χ2v) is 8.65. The number of imidazole rings is 1. The molecule has 0 fully saturated rings. The Kier molecular flexibility index (Phi) is 7.95. The average molecular weight is 496 g/mol. The van der Waals surface area contributed by atoms with Crippen LogP contribution in [0, 0.1) is 0 Å². The first-order valence-corrected chi connectivity index (χ1v) is 11.9. The van der Waals surface area contributed by atoms with Gasteiger partial charge in [0.1, 0.15) is 5.82 Å². The lowest BCUT2D eigenvalue weighted by molar-refractivity contribution is -0.136. The first-order chi connectivity index (χ1) is 17.9. The third-order valence-corrected chi connectivity index (χ3v) is 6.04. The number of amides is 1. The normalized spacial score (nSPS) is 12.1. The summed E-state index contributed by atoms with van der Waals surface area (Å²) < 4.78 is 5.24. The van der Waals surface area contributed by atoms with E-state index in [-0.39, 0.29) is 18.9 Å². The lowest BCUT2D eigenvalue weighted by Crippen LogP contribution is -2.39. The Hall–Kier alpha value is -4.49. The van der Waals surface area contributed by atoms with Crippen molar-refractivity contribution in [3.8, 4) is 22.5 Å². The zero-order chi connectivity index (χ0) is 26.4. The molecule has 0 aliphatic heterocycles. The van der Waals surface area contributed by atoms with Gasteiger partial charge >= 0.3 is 5.97 Å². The van der Waals surface area contributed by atoms with Gasteiger partial charge in [0, 0.05) is 18.2 Å². The van der Waals surface area contributed by atoms with Crippen LogP contribution < -0.4 is 5.32 Å². The molecule has 0 aliphatic carbocycles. The first kappa shape index (κ1) is 25.6. The van der Waals surface area contributed by atoms with E-state index in [0.29, 0.717) is 22.5 Å². The molecule has 0 aliphatic rings. The van der Waals surface area contributed by atoms with E-state index in [4.69, 9.17) is 9.72 Å². The fraction of sp³-hybridized carbons (Fsp3) is 0.167. The first-order valence-electron chi connectivity index (χ1n) is 11.9. The molecule has 0 spiro atoms. The van der Waals surface area contributed by atoms with Crippen LogP contribution in [-0.2, 0) is 16.0 Å². The standard InChI is InChI=1S/C30H29N3O4/c1-4-9-19(2)27(18-37-3)33-30(36)20-14-15-22(21(16-20)17-28(34)35)23-10-5-6-11-24(23)29-31-25-12-7-8-13-26(25)32-29/h4-16,27H,2,17-18H2,1,3H3,(H,31,32)(H,33,36)(H,34,35)/b9-4-/t27-/m1/s1. The van der Waals surface area contributed by atoms with Crippen molar-refractivity contribution in [1.82, 2.24) is 15.3 Å². The molecule has 3 aromatic carbocycles. The molecule has 0 bridgehead atoms. The number of aromatic nitrogens is 2. The number of aromatic amines is 1. The Bertz CT molecular complexity index is 1450. The van der Waals surface area contributed by atoms with Crippen molar-refractivity contribution < 1.29 is 19.4 Å². The van der Waals surface area contributed by atoms with E-state index in [9.17, 15) is 14.7 Å². The van der Waals surface area contributed by atoms with Crippen molar-refractivity contribution in [2.45, 2.75) is 19.4 Å². The predicted octanol–water partition coefficient (Wildman–Crippen LogP) is 5.40. The molecule has 4 aromatic rings. The molecule has 7 nitrogen and oxygen atoms in total. The third-order valence-electron chi connectivity index (χ3n) is 6.04. The average Bonchev–Trinajstić information content (AvgIpc) is 3.32. The second-order valence-electron chi connectivity index (χ2n) is 8.65. The Morgan fingerprint density at radius 2 is 1.81 bits per heavy atom. The number of carboxylic acids is 1. The minimum atomic E-state index is -0.987. The lowest BCUT2D eigenvalue weighted by Gasteiger charge is -2.19. The summed E-state index contributed by atoms with van der Waals surface area (Å²) in [5.41, 5.74) is 5.73. The summed E-state index contributed by atoms with van der Waals surface area (Å²) in [6.45, 7) is 6.14. The molecule has 0 radical (unpaired) electrons. The number of hydrogen-bond donors (Lipinski definition) is 3. The van der Waals surface area contributed by atoms with Crippen LogP contribution in [0.5, 0.6) is 0 Å². The number of H-pyrrole nitrogens is 1. The summed E-state index contributed by atoms with van der Waals surface area (Å²) in [5, 5.41) is 12.6. The van der Waals surface area contributed by atoms with Crippen molar-refractivity contribution >= 4 is 22.9 Å². The van der Waals surface area contributed by atoms with Crippen LogP contribution in [0.2, 0.25) is 0 Å². The van der Waals surface area contributed by atoms with Gasteiger partial charge in [-0.2, -0.15) is 0 Å². The molecule has 0 saturated heterocycles. The Morgan fingerprint density at radius 1 is 1.08 bits per heavy atom. The van der Waals surface area contributed by atoms with E-state index in [1.807, 2.05) is 67.6 Å². The highest BCUT2D eigenvalue weighted by molar-refractivity contribution is 5.97. The molecule has 7 heteroatoms. The van der Waals surface area contributed by atoms with Crippen LogP contribution in [0.4, 0.5) is 0 Å². The molecule has 1 aromatic heterocycles. The number of fused-ring (bicyclic) bond motifs is 1. The van der Waals surface area contributed by atoms with Gasteiger partial charge in [-0.3, -0.25) is 9.59 Å². The Morgan fingerprint density at radius 3 is 2.51 bits per heavy atom. The summed E-state index contributed by atoms with van der Waals surface area (Å²) in [5.74, 6) is -0.639. The van der Waals surface area contributed by atoms with Gasteiger partial charge in [0.15, 0.2) is 0 Å². The molecular formula is C30H29N3O4. The highest BCUT2D eigenvalue weighted by Crippen LogP contribution is 2.34. The van der Waals surface area contributed by atoms with Gasteiger partial charge in [0.25, 0.3) is 5.91 Å². The number of nitrogens with one attached hydrogen (secondary N) is 2. The fourth-order valence-corrected chi connectivity index (χ4v) is 4.29. The van der Waals surface area contributed by atoms with Gasteiger partial charge in [0.2, 0.25) is 0 Å². The third kappa shape index (κ3) is 5.85. The van der Waals surface area contributed by atoms with E-state index in [1.165, 1.54) is 0 Å². The summed E-state index contributed by atoms with van der Waals surface area (Å²) in [7, 11) is 1.56. The van der Waals surface area contributed by atoms with Crippen LogP contribution >= 0.6 is 0 Å². The number of carbonyl (C=O) groups is 2. The van der Waals surface area contributed by atoms with E-state index in [1.54, 1.807) is 25.3 Å². The lowest BCUT2D eigenvalue weighted by atomic mass is 9.92. The SMILES string of the molecule is C=C(/C=C\C)[C@@H](COC)NC(=O)c1ccc(-c2ccccc2-c2nc3ccccc3[nH]2)c(CC(=O)O)c1. The largest absolute Gasteiger partial charge is 0.481 e. The number of allylic oxidation sites excluding steroid dienone is 1. The number of hydrogen-bond acceptors (Lipinski definition) is 4. The highest BCUT2D eigenvalue weighted by Gasteiger charge is 2.20. The zero-order valence-electron chi connectivity index (χ0n) is 20.8. The molecule has 1 atom stereocenters. The molecule has 37 heavy (non-hydrogen) atoms. The van der Waals surface area contributed by atoms with Crippen LogP contribution in [0.15, 0.2) is 91.0 Å². The van der Waals surface area contributed by atoms with Gasteiger partial charge in [-0.05, 0) is 53.5 Å². The molecule has 188 valence electrons.